The van der Waals surface area contributed by atoms with Crippen LogP contribution in [0.5, 0.6) is 0 Å². The maximum atomic E-state index is 13.9. The van der Waals surface area contributed by atoms with Crippen molar-refractivity contribution in [2.75, 3.05) is 11.1 Å². The molecule has 0 radical (unpaired) electrons. The van der Waals surface area contributed by atoms with Gasteiger partial charge in [-0.1, -0.05) is 13.0 Å². The highest BCUT2D eigenvalue weighted by Gasteiger charge is 2.64. The molecular weight excluding hydrogens is 581 g/mol. The molecule has 0 spiro atoms. The molecule has 0 aromatic carbocycles. The number of pyridine rings is 2. The third kappa shape index (κ3) is 4.17. The number of nitrogens with zero attached hydrogens (tertiary/aromatic N) is 6. The van der Waals surface area contributed by atoms with Crippen LogP contribution in [0.15, 0.2) is 35.2 Å². The van der Waals surface area contributed by atoms with Crippen LogP contribution in [0, 0.1) is 12.3 Å². The standard InChI is InChI=1S/C25H22BrF3N8O2/c1-11-6-13(25(27,28)29)33-19-18-21(30)31-10-32-22(18)36(20(11)19)9-17(38)37-12(7-24(2)8-14(24)37)23(39)35-16-5-3-4-15(26)34-16/h3-6,10,12,14H,7-9H2,1-2H3,(H2,30,31,32)(H,34,35,39)/t12-,14+,24-/m0/s1. The summed E-state index contributed by atoms with van der Waals surface area (Å²) < 4.78 is 42.7. The van der Waals surface area contributed by atoms with Gasteiger partial charge in [0.05, 0.1) is 10.9 Å². The Kier molecular flexibility index (Phi) is 5.61. The Balaban J connectivity index is 1.39. The number of nitrogens with two attached hydrogens (primary N) is 1. The van der Waals surface area contributed by atoms with Gasteiger partial charge < -0.3 is 20.5 Å². The van der Waals surface area contributed by atoms with Gasteiger partial charge in [-0.15, -0.1) is 0 Å². The first-order chi connectivity index (χ1) is 18.4. The highest BCUT2D eigenvalue weighted by molar-refractivity contribution is 9.10. The van der Waals surface area contributed by atoms with E-state index in [1.807, 2.05) is 6.92 Å². The van der Waals surface area contributed by atoms with Crippen LogP contribution in [-0.4, -0.2) is 53.3 Å². The fraction of sp³-hybridized carbons (Fsp3) is 0.360. The Labute approximate surface area is 227 Å². The lowest BCUT2D eigenvalue weighted by atomic mass is 10.0. The molecule has 3 N–H and O–H groups in total. The molecule has 5 heterocycles. The quantitative estimate of drug-likeness (QED) is 0.337. The number of halogens is 4. The normalized spacial score (nSPS) is 22.4. The van der Waals surface area contributed by atoms with Crippen molar-refractivity contribution < 1.29 is 22.8 Å². The number of hydrogen-bond acceptors (Lipinski definition) is 7. The van der Waals surface area contributed by atoms with Gasteiger partial charge in [0.15, 0.2) is 0 Å². The second-order valence-electron chi connectivity index (χ2n) is 10.3. The van der Waals surface area contributed by atoms with Crippen molar-refractivity contribution in [3.8, 4) is 0 Å². The minimum atomic E-state index is -4.68. The maximum Gasteiger partial charge on any atom is 0.433 e. The van der Waals surface area contributed by atoms with E-state index >= 15 is 0 Å². The fourth-order valence-corrected chi connectivity index (χ4v) is 6.02. The molecule has 0 unspecified atom stereocenters. The number of aryl methyl sites for hydroxylation is 1. The topological polar surface area (TPSA) is 132 Å². The lowest BCUT2D eigenvalue weighted by molar-refractivity contribution is -0.141. The molecule has 1 saturated carbocycles. The molecule has 4 aromatic rings. The largest absolute Gasteiger partial charge is 0.433 e. The minimum Gasteiger partial charge on any atom is -0.383 e. The zero-order valence-electron chi connectivity index (χ0n) is 20.8. The first kappa shape index (κ1) is 25.5. The summed E-state index contributed by atoms with van der Waals surface area (Å²) in [6.07, 6.45) is -2.24. The van der Waals surface area contributed by atoms with Gasteiger partial charge in [0.1, 0.15) is 52.0 Å². The SMILES string of the molecule is Cc1cc(C(F)(F)F)nc2c3c(N)ncnc3n(CC(=O)N3[C@H](C(=O)Nc4cccc(Br)n4)C[C@@]4(C)C[C@@H]34)c12. The number of aromatic nitrogens is 5. The first-order valence-corrected chi connectivity index (χ1v) is 12.9. The Morgan fingerprint density at radius 1 is 1.23 bits per heavy atom. The summed E-state index contributed by atoms with van der Waals surface area (Å²) >= 11 is 3.28. The van der Waals surface area contributed by atoms with Crippen molar-refractivity contribution in [3.63, 3.8) is 0 Å². The molecule has 1 aliphatic heterocycles. The van der Waals surface area contributed by atoms with Gasteiger partial charge in [-0.05, 0) is 64.9 Å². The lowest BCUT2D eigenvalue weighted by Gasteiger charge is -2.27. The van der Waals surface area contributed by atoms with Crippen molar-refractivity contribution in [1.29, 1.82) is 0 Å². The molecule has 202 valence electrons. The summed E-state index contributed by atoms with van der Waals surface area (Å²) in [5.74, 6) is -0.413. The van der Waals surface area contributed by atoms with Crippen LogP contribution in [0.25, 0.3) is 22.1 Å². The third-order valence-electron chi connectivity index (χ3n) is 7.58. The maximum absolute atomic E-state index is 13.9. The number of likely N-dealkylation sites (tertiary alicyclic amines) is 1. The predicted octanol–water partition coefficient (Wildman–Crippen LogP) is 4.06. The number of carbonyl (C=O) groups excluding carboxylic acids is 2. The van der Waals surface area contributed by atoms with Gasteiger partial charge in [0, 0.05) is 6.04 Å². The highest BCUT2D eigenvalue weighted by atomic mass is 79.9. The van der Waals surface area contributed by atoms with Gasteiger partial charge in [-0.2, -0.15) is 13.2 Å². The van der Waals surface area contributed by atoms with Crippen molar-refractivity contribution in [2.24, 2.45) is 5.41 Å². The van der Waals surface area contributed by atoms with Gasteiger partial charge >= 0.3 is 6.18 Å². The van der Waals surface area contributed by atoms with E-state index in [0.29, 0.717) is 22.4 Å². The zero-order chi connectivity index (χ0) is 27.9. The fourth-order valence-electron chi connectivity index (χ4n) is 5.67. The van der Waals surface area contributed by atoms with Crippen LogP contribution in [0.4, 0.5) is 24.8 Å². The number of fused-ring (bicyclic) bond motifs is 4. The van der Waals surface area contributed by atoms with Crippen LogP contribution in [-0.2, 0) is 22.3 Å². The predicted molar refractivity (Wildman–Crippen MR) is 139 cm³/mol. The number of carbonyl (C=O) groups is 2. The van der Waals surface area contributed by atoms with Crippen molar-refractivity contribution in [1.82, 2.24) is 29.4 Å². The lowest BCUT2D eigenvalue weighted by Crippen LogP contribution is -2.46. The number of amides is 2. The molecule has 6 rings (SSSR count). The molecule has 1 saturated heterocycles. The van der Waals surface area contributed by atoms with E-state index in [9.17, 15) is 22.8 Å². The molecule has 2 fully saturated rings. The molecule has 39 heavy (non-hydrogen) atoms. The van der Waals surface area contributed by atoms with E-state index in [0.717, 1.165) is 12.5 Å². The van der Waals surface area contributed by atoms with Crippen LogP contribution < -0.4 is 11.1 Å². The van der Waals surface area contributed by atoms with E-state index in [1.54, 1.807) is 23.1 Å². The van der Waals surface area contributed by atoms with Crippen LogP contribution in [0.3, 0.4) is 0 Å². The Morgan fingerprint density at radius 2 is 2.00 bits per heavy atom. The Hall–Kier alpha value is -3.81. The summed E-state index contributed by atoms with van der Waals surface area (Å²) in [4.78, 5) is 45.0. The second-order valence-corrected chi connectivity index (χ2v) is 11.1. The van der Waals surface area contributed by atoms with Gasteiger partial charge in [0.25, 0.3) is 0 Å². The number of rotatable bonds is 4. The third-order valence-corrected chi connectivity index (χ3v) is 8.02. The number of hydrogen-bond donors (Lipinski definition) is 2. The van der Waals surface area contributed by atoms with E-state index in [1.165, 1.54) is 17.8 Å². The highest BCUT2D eigenvalue weighted by Crippen LogP contribution is 2.59. The Morgan fingerprint density at radius 3 is 2.72 bits per heavy atom. The van der Waals surface area contributed by atoms with Gasteiger partial charge in [0.2, 0.25) is 11.8 Å². The summed E-state index contributed by atoms with van der Waals surface area (Å²) in [6.45, 7) is 3.28. The summed E-state index contributed by atoms with van der Waals surface area (Å²) in [5.41, 5.74) is 5.50. The molecule has 2 aliphatic rings. The molecule has 4 aromatic heterocycles. The molecule has 2 amide bonds. The van der Waals surface area contributed by atoms with Crippen molar-refractivity contribution in [2.45, 2.75) is 51.5 Å². The van der Waals surface area contributed by atoms with Gasteiger partial charge in [-0.25, -0.2) is 19.9 Å². The first-order valence-electron chi connectivity index (χ1n) is 12.1. The number of nitrogen functional groups attached to an aromatic ring is 1. The molecule has 14 heteroatoms. The van der Waals surface area contributed by atoms with E-state index in [2.05, 4.69) is 41.2 Å². The average molecular weight is 603 g/mol. The number of piperidine rings is 1. The van der Waals surface area contributed by atoms with Crippen molar-refractivity contribution >= 4 is 61.4 Å². The van der Waals surface area contributed by atoms with E-state index in [4.69, 9.17) is 5.73 Å². The van der Waals surface area contributed by atoms with E-state index < -0.39 is 17.9 Å². The Bertz CT molecular complexity index is 1690. The summed E-state index contributed by atoms with van der Waals surface area (Å²) in [7, 11) is 0. The van der Waals surface area contributed by atoms with E-state index in [-0.39, 0.29) is 57.7 Å². The van der Waals surface area contributed by atoms with Gasteiger partial charge in [-0.3, -0.25) is 9.59 Å². The van der Waals surface area contributed by atoms with Crippen LogP contribution in [0.1, 0.15) is 31.0 Å². The zero-order valence-corrected chi connectivity index (χ0v) is 22.3. The molecule has 10 nitrogen and oxygen atoms in total. The second kappa shape index (κ2) is 8.60. The number of alkyl halides is 3. The summed E-state index contributed by atoms with van der Waals surface area (Å²) in [6, 6.07) is 5.19. The number of nitrogens with one attached hydrogen (secondary N) is 1. The molecule has 1 aliphatic carbocycles. The monoisotopic (exact) mass is 602 g/mol. The number of anilines is 2. The summed E-state index contributed by atoms with van der Waals surface area (Å²) in [5, 5.41) is 2.93. The molecule has 3 atom stereocenters. The van der Waals surface area contributed by atoms with Crippen LogP contribution >= 0.6 is 15.9 Å². The minimum absolute atomic E-state index is 0.0315. The van der Waals surface area contributed by atoms with Crippen LogP contribution in [0.2, 0.25) is 0 Å². The average Bonchev–Trinajstić information content (AvgIpc) is 3.25. The smallest absolute Gasteiger partial charge is 0.383 e. The van der Waals surface area contributed by atoms with Crippen molar-refractivity contribution in [3.05, 3.63) is 46.5 Å². The molecular formula is C25H22BrF3N8O2. The molecule has 0 bridgehead atoms.